The minimum Gasteiger partial charge on any atom is -0.392 e. The van der Waals surface area contributed by atoms with Crippen LogP contribution in [0.1, 0.15) is 43.6 Å². The molecule has 0 fully saturated rings. The van der Waals surface area contributed by atoms with Crippen LogP contribution in [0.4, 0.5) is 0 Å². The zero-order valence-corrected chi connectivity index (χ0v) is 12.3. The maximum absolute atomic E-state index is 10.0. The van der Waals surface area contributed by atoms with Crippen molar-refractivity contribution in [3.05, 3.63) is 17.0 Å². The largest absolute Gasteiger partial charge is 0.392 e. The number of nitrogens with one attached hydrogen (secondary N) is 1. The highest BCUT2D eigenvalue weighted by Gasteiger charge is 2.15. The van der Waals surface area contributed by atoms with Crippen LogP contribution in [0.2, 0.25) is 0 Å². The number of nitrogens with zero attached hydrogens (tertiary/aromatic N) is 2. The lowest BCUT2D eigenvalue weighted by molar-refractivity contribution is 0.101. The lowest BCUT2D eigenvalue weighted by atomic mass is 9.96. The van der Waals surface area contributed by atoms with Crippen molar-refractivity contribution in [2.24, 2.45) is 13.0 Å². The van der Waals surface area contributed by atoms with E-state index in [0.717, 1.165) is 25.1 Å². The number of hydrogen-bond acceptors (Lipinski definition) is 3. The third-order valence-electron chi connectivity index (χ3n) is 3.91. The fourth-order valence-corrected chi connectivity index (χ4v) is 2.42. The van der Waals surface area contributed by atoms with Crippen LogP contribution in [0, 0.1) is 19.8 Å². The van der Waals surface area contributed by atoms with Gasteiger partial charge in [0, 0.05) is 31.4 Å². The van der Waals surface area contributed by atoms with Gasteiger partial charge in [0.2, 0.25) is 0 Å². The Bertz CT molecular complexity index is 369. The quantitative estimate of drug-likeness (QED) is 0.780. The van der Waals surface area contributed by atoms with Gasteiger partial charge in [-0.1, -0.05) is 26.7 Å². The molecule has 104 valence electrons. The molecule has 0 aliphatic carbocycles. The van der Waals surface area contributed by atoms with Crippen LogP contribution in [-0.2, 0) is 13.6 Å². The molecule has 1 aromatic rings. The fraction of sp³-hybridized carbons (Fsp3) is 0.786. The van der Waals surface area contributed by atoms with E-state index in [-0.39, 0.29) is 6.10 Å². The smallest absolute Gasteiger partial charge is 0.0692 e. The van der Waals surface area contributed by atoms with Gasteiger partial charge < -0.3 is 10.4 Å². The van der Waals surface area contributed by atoms with Gasteiger partial charge in [-0.2, -0.15) is 5.10 Å². The number of hydrogen-bond donors (Lipinski definition) is 2. The highest BCUT2D eigenvalue weighted by Crippen LogP contribution is 2.14. The normalized spacial score (nSPS) is 13.3. The predicted molar refractivity (Wildman–Crippen MR) is 74.5 cm³/mol. The van der Waals surface area contributed by atoms with Crippen molar-refractivity contribution in [2.45, 2.75) is 53.2 Å². The Labute approximate surface area is 110 Å². The van der Waals surface area contributed by atoms with Crippen molar-refractivity contribution in [1.29, 1.82) is 0 Å². The number of aliphatic hydroxyl groups excluding tert-OH is 1. The molecule has 1 atom stereocenters. The van der Waals surface area contributed by atoms with E-state index in [2.05, 4.69) is 31.2 Å². The second kappa shape index (κ2) is 6.90. The topological polar surface area (TPSA) is 50.1 Å². The highest BCUT2D eigenvalue weighted by atomic mass is 16.3. The minimum absolute atomic E-state index is 0.253. The van der Waals surface area contributed by atoms with Gasteiger partial charge in [-0.05, 0) is 19.8 Å². The number of aromatic nitrogens is 2. The zero-order valence-electron chi connectivity index (χ0n) is 12.3. The monoisotopic (exact) mass is 253 g/mol. The zero-order chi connectivity index (χ0) is 13.7. The van der Waals surface area contributed by atoms with Gasteiger partial charge in [0.1, 0.15) is 0 Å². The van der Waals surface area contributed by atoms with Crippen LogP contribution >= 0.6 is 0 Å². The number of aryl methyl sites for hydroxylation is 2. The molecule has 18 heavy (non-hydrogen) atoms. The molecule has 1 unspecified atom stereocenters. The molecule has 0 bridgehead atoms. The molecule has 0 spiro atoms. The first kappa shape index (κ1) is 15.2. The Balaban J connectivity index is 2.46. The van der Waals surface area contributed by atoms with Crippen LogP contribution in [0.3, 0.4) is 0 Å². The third kappa shape index (κ3) is 3.56. The van der Waals surface area contributed by atoms with Crippen LogP contribution in [0.25, 0.3) is 0 Å². The summed E-state index contributed by atoms with van der Waals surface area (Å²) in [5, 5.41) is 17.8. The molecule has 4 heteroatoms. The number of aliphatic hydroxyl groups is 1. The second-order valence-electron chi connectivity index (χ2n) is 5.05. The molecule has 1 rings (SSSR count). The van der Waals surface area contributed by atoms with Crippen LogP contribution in [-0.4, -0.2) is 27.5 Å². The van der Waals surface area contributed by atoms with E-state index in [1.54, 1.807) is 0 Å². The van der Waals surface area contributed by atoms with Crippen LogP contribution in [0.5, 0.6) is 0 Å². The average molecular weight is 253 g/mol. The fourth-order valence-electron chi connectivity index (χ4n) is 2.42. The van der Waals surface area contributed by atoms with Crippen LogP contribution < -0.4 is 5.32 Å². The molecule has 0 saturated heterocycles. The molecular weight excluding hydrogens is 226 g/mol. The lowest BCUT2D eigenvalue weighted by Crippen LogP contribution is -2.32. The Kier molecular flexibility index (Phi) is 5.82. The molecule has 0 radical (unpaired) electrons. The summed E-state index contributed by atoms with van der Waals surface area (Å²) in [4.78, 5) is 0. The van der Waals surface area contributed by atoms with E-state index >= 15 is 0 Å². The summed E-state index contributed by atoms with van der Waals surface area (Å²) >= 11 is 0. The molecule has 4 nitrogen and oxygen atoms in total. The molecule has 1 aromatic heterocycles. The van der Waals surface area contributed by atoms with Crippen LogP contribution in [0.15, 0.2) is 0 Å². The van der Waals surface area contributed by atoms with Gasteiger partial charge in [-0.3, -0.25) is 4.68 Å². The Morgan fingerprint density at radius 2 is 1.89 bits per heavy atom. The predicted octanol–water partition coefficient (Wildman–Crippen LogP) is 1.92. The molecule has 0 aliphatic rings. The van der Waals surface area contributed by atoms with Crippen molar-refractivity contribution in [3.8, 4) is 0 Å². The summed E-state index contributed by atoms with van der Waals surface area (Å²) in [7, 11) is 1.96. The molecule has 2 N–H and O–H groups in total. The Hall–Kier alpha value is -0.870. The van der Waals surface area contributed by atoms with E-state index in [1.165, 1.54) is 11.3 Å². The molecule has 0 saturated carbocycles. The molecule has 0 aromatic carbocycles. The maximum atomic E-state index is 10.0. The summed E-state index contributed by atoms with van der Waals surface area (Å²) < 4.78 is 1.91. The standard InChI is InChI=1S/C14H27N3O/c1-6-12(7-2)14(18)9-15-8-13-10(3)16-17(5)11(13)4/h12,14-15,18H,6-9H2,1-5H3. The van der Waals surface area contributed by atoms with E-state index in [1.807, 2.05) is 18.7 Å². The number of rotatable bonds is 7. The molecule has 0 aliphatic heterocycles. The first-order valence-corrected chi connectivity index (χ1v) is 6.89. The van der Waals surface area contributed by atoms with Gasteiger partial charge in [0.05, 0.1) is 11.8 Å². The van der Waals surface area contributed by atoms with Crippen molar-refractivity contribution in [2.75, 3.05) is 6.54 Å². The van der Waals surface area contributed by atoms with Gasteiger partial charge in [0.25, 0.3) is 0 Å². The molecular formula is C14H27N3O. The van der Waals surface area contributed by atoms with E-state index in [9.17, 15) is 5.11 Å². The summed E-state index contributed by atoms with van der Waals surface area (Å²) in [6, 6.07) is 0. The van der Waals surface area contributed by atoms with E-state index in [0.29, 0.717) is 12.5 Å². The first-order valence-electron chi connectivity index (χ1n) is 6.89. The van der Waals surface area contributed by atoms with Crippen molar-refractivity contribution in [1.82, 2.24) is 15.1 Å². The Morgan fingerprint density at radius 1 is 1.28 bits per heavy atom. The van der Waals surface area contributed by atoms with Gasteiger partial charge in [0.15, 0.2) is 0 Å². The van der Waals surface area contributed by atoms with Gasteiger partial charge in [-0.15, -0.1) is 0 Å². The van der Waals surface area contributed by atoms with Gasteiger partial charge in [-0.25, -0.2) is 0 Å². The van der Waals surface area contributed by atoms with Gasteiger partial charge >= 0.3 is 0 Å². The highest BCUT2D eigenvalue weighted by molar-refractivity contribution is 5.23. The summed E-state index contributed by atoms with van der Waals surface area (Å²) in [6.07, 6.45) is 1.81. The molecule has 0 amide bonds. The first-order chi connectivity index (χ1) is 8.51. The average Bonchev–Trinajstić information content (AvgIpc) is 2.57. The molecule has 1 heterocycles. The van der Waals surface area contributed by atoms with Crippen molar-refractivity contribution in [3.63, 3.8) is 0 Å². The Morgan fingerprint density at radius 3 is 2.33 bits per heavy atom. The van der Waals surface area contributed by atoms with Crippen molar-refractivity contribution < 1.29 is 5.11 Å². The summed E-state index contributed by atoms with van der Waals surface area (Å²) in [5.74, 6) is 0.397. The minimum atomic E-state index is -0.253. The van der Waals surface area contributed by atoms with Crippen molar-refractivity contribution >= 4 is 0 Å². The second-order valence-corrected chi connectivity index (χ2v) is 5.05. The summed E-state index contributed by atoms with van der Waals surface area (Å²) in [6.45, 7) is 9.80. The third-order valence-corrected chi connectivity index (χ3v) is 3.91. The maximum Gasteiger partial charge on any atom is 0.0692 e. The van der Waals surface area contributed by atoms with E-state index in [4.69, 9.17) is 0 Å². The summed E-state index contributed by atoms with van der Waals surface area (Å²) in [5.41, 5.74) is 3.51. The van der Waals surface area contributed by atoms with E-state index < -0.39 is 0 Å². The lowest BCUT2D eigenvalue weighted by Gasteiger charge is -2.20. The SMILES string of the molecule is CCC(CC)C(O)CNCc1c(C)nn(C)c1C.